The summed E-state index contributed by atoms with van der Waals surface area (Å²) in [6.07, 6.45) is -1.19. The van der Waals surface area contributed by atoms with Crippen LogP contribution < -0.4 is 4.72 Å². The van der Waals surface area contributed by atoms with Crippen LogP contribution in [0.15, 0.2) is 23.1 Å². The normalized spacial score (nSPS) is 14.8. The third-order valence-electron chi connectivity index (χ3n) is 3.96. The molecule has 0 aliphatic heterocycles. The summed E-state index contributed by atoms with van der Waals surface area (Å²) in [7, 11) is -4.07. The first-order chi connectivity index (χ1) is 11.3. The summed E-state index contributed by atoms with van der Waals surface area (Å²) < 4.78 is 53.1. The Labute approximate surface area is 137 Å². The average Bonchev–Trinajstić information content (AvgIpc) is 2.88. The molecule has 0 radical (unpaired) electrons. The van der Waals surface area contributed by atoms with Gasteiger partial charge in [-0.1, -0.05) is 0 Å². The van der Waals surface area contributed by atoms with Crippen LogP contribution in [-0.2, 0) is 16.4 Å². The lowest BCUT2D eigenvalue weighted by Crippen LogP contribution is -2.17. The summed E-state index contributed by atoms with van der Waals surface area (Å²) in [6.45, 7) is 1.45. The molecular formula is C15H15F2N3O3S. The van der Waals surface area contributed by atoms with Crippen LogP contribution in [0.5, 0.6) is 0 Å². The first-order valence-electron chi connectivity index (χ1n) is 7.31. The van der Waals surface area contributed by atoms with Crippen molar-refractivity contribution in [1.82, 2.24) is 10.2 Å². The number of nitrogens with zero attached hydrogens (tertiary/aromatic N) is 1. The van der Waals surface area contributed by atoms with Gasteiger partial charge in [0, 0.05) is 12.0 Å². The third-order valence-corrected chi connectivity index (χ3v) is 5.30. The standard InChI is InChI=1S/C15H15F2N3O3S/c1-8-13(14(15(16)17)19-18-8)20-24(22,23)10-5-6-11-9(7-10)3-2-4-12(11)21/h5-7,15,20H,2-4H2,1H3,(H,18,19). The SMILES string of the molecule is Cc1[nH]nc(C(F)F)c1NS(=O)(=O)c1ccc2c(c1)CCCC2=O. The summed E-state index contributed by atoms with van der Waals surface area (Å²) in [5, 5.41) is 5.77. The van der Waals surface area contributed by atoms with Crippen LogP contribution in [0.2, 0.25) is 0 Å². The fraction of sp³-hybridized carbons (Fsp3) is 0.333. The number of fused-ring (bicyclic) bond motifs is 1. The van der Waals surface area contributed by atoms with E-state index < -0.39 is 22.1 Å². The highest BCUT2D eigenvalue weighted by molar-refractivity contribution is 7.92. The van der Waals surface area contributed by atoms with Gasteiger partial charge in [0.2, 0.25) is 0 Å². The third kappa shape index (κ3) is 2.91. The van der Waals surface area contributed by atoms with Crippen molar-refractivity contribution < 1.29 is 22.0 Å². The van der Waals surface area contributed by atoms with Crippen LogP contribution in [0.3, 0.4) is 0 Å². The van der Waals surface area contributed by atoms with Gasteiger partial charge in [-0.3, -0.25) is 14.6 Å². The van der Waals surface area contributed by atoms with Crippen molar-refractivity contribution in [1.29, 1.82) is 0 Å². The van der Waals surface area contributed by atoms with E-state index in [1.807, 2.05) is 0 Å². The van der Waals surface area contributed by atoms with Crippen LogP contribution in [0, 0.1) is 6.92 Å². The number of carbonyl (C=O) groups excluding carboxylic acids is 1. The maximum atomic E-state index is 12.9. The number of aryl methyl sites for hydroxylation is 2. The van der Waals surface area contributed by atoms with Crippen molar-refractivity contribution in [2.45, 2.75) is 37.5 Å². The minimum Gasteiger partial charge on any atom is -0.294 e. The molecular weight excluding hydrogens is 340 g/mol. The monoisotopic (exact) mass is 355 g/mol. The van der Waals surface area contributed by atoms with Crippen molar-refractivity contribution in [3.05, 3.63) is 40.7 Å². The predicted octanol–water partition coefficient (Wildman–Crippen LogP) is 2.98. The molecule has 0 amide bonds. The largest absolute Gasteiger partial charge is 0.294 e. The molecule has 9 heteroatoms. The molecule has 0 spiro atoms. The smallest absolute Gasteiger partial charge is 0.284 e. The molecule has 0 bridgehead atoms. The molecule has 0 unspecified atom stereocenters. The van der Waals surface area contributed by atoms with Gasteiger partial charge >= 0.3 is 0 Å². The second kappa shape index (κ2) is 5.97. The minimum absolute atomic E-state index is 0.0150. The highest BCUT2D eigenvalue weighted by Gasteiger charge is 2.26. The van der Waals surface area contributed by atoms with Crippen LogP contribution in [0.1, 0.15) is 46.6 Å². The van der Waals surface area contributed by atoms with E-state index in [0.29, 0.717) is 30.4 Å². The molecule has 2 N–H and O–H groups in total. The Morgan fingerprint density at radius 2 is 2.04 bits per heavy atom. The van der Waals surface area contributed by atoms with Gasteiger partial charge < -0.3 is 0 Å². The number of carbonyl (C=O) groups is 1. The number of H-pyrrole nitrogens is 1. The maximum absolute atomic E-state index is 12.9. The number of Topliss-reactive ketones (excluding diaryl/α,β-unsaturated/α-hetero) is 1. The Morgan fingerprint density at radius 3 is 2.75 bits per heavy atom. The molecule has 128 valence electrons. The Hall–Kier alpha value is -2.29. The number of benzene rings is 1. The van der Waals surface area contributed by atoms with E-state index in [9.17, 15) is 22.0 Å². The topological polar surface area (TPSA) is 91.9 Å². The van der Waals surface area contributed by atoms with E-state index in [4.69, 9.17) is 0 Å². The van der Waals surface area contributed by atoms with E-state index in [0.717, 1.165) is 0 Å². The van der Waals surface area contributed by atoms with Gasteiger partial charge in [0.1, 0.15) is 0 Å². The molecule has 0 saturated heterocycles. The molecule has 0 saturated carbocycles. The highest BCUT2D eigenvalue weighted by atomic mass is 32.2. The summed E-state index contributed by atoms with van der Waals surface area (Å²) in [4.78, 5) is 11.7. The van der Waals surface area contributed by atoms with Gasteiger partial charge in [-0.05, 0) is 43.5 Å². The number of hydrogen-bond donors (Lipinski definition) is 2. The number of aromatic amines is 1. The van der Waals surface area contributed by atoms with E-state index in [1.165, 1.54) is 25.1 Å². The molecule has 3 rings (SSSR count). The second-order valence-electron chi connectivity index (χ2n) is 5.61. The molecule has 1 aliphatic rings. The van der Waals surface area contributed by atoms with Gasteiger partial charge in [-0.25, -0.2) is 17.2 Å². The Kier molecular flexibility index (Phi) is 4.12. The van der Waals surface area contributed by atoms with Gasteiger partial charge in [0.15, 0.2) is 11.5 Å². The fourth-order valence-corrected chi connectivity index (χ4v) is 3.91. The van der Waals surface area contributed by atoms with Crippen molar-refractivity contribution >= 4 is 21.5 Å². The van der Waals surface area contributed by atoms with E-state index >= 15 is 0 Å². The number of ketones is 1. The van der Waals surface area contributed by atoms with Gasteiger partial charge in [0.25, 0.3) is 16.4 Å². The molecule has 24 heavy (non-hydrogen) atoms. The molecule has 0 atom stereocenters. The van der Waals surface area contributed by atoms with Gasteiger partial charge in [-0.15, -0.1) is 0 Å². The summed E-state index contributed by atoms with van der Waals surface area (Å²) in [5.41, 5.74) is 0.477. The lowest BCUT2D eigenvalue weighted by atomic mass is 9.91. The first kappa shape index (κ1) is 16.6. The number of sulfonamides is 1. The average molecular weight is 355 g/mol. The first-order valence-corrected chi connectivity index (χ1v) is 8.80. The van der Waals surface area contributed by atoms with E-state index in [1.54, 1.807) is 0 Å². The van der Waals surface area contributed by atoms with E-state index in [2.05, 4.69) is 14.9 Å². The number of rotatable bonds is 4. The van der Waals surface area contributed by atoms with Crippen LogP contribution in [0.25, 0.3) is 0 Å². The quantitative estimate of drug-likeness (QED) is 0.882. The fourth-order valence-electron chi connectivity index (χ4n) is 2.72. The molecule has 1 aromatic heterocycles. The van der Waals surface area contributed by atoms with Crippen molar-refractivity contribution in [3.8, 4) is 0 Å². The number of anilines is 1. The van der Waals surface area contributed by atoms with Crippen LogP contribution in [0.4, 0.5) is 14.5 Å². The summed E-state index contributed by atoms with van der Waals surface area (Å²) in [5.74, 6) is -0.0150. The van der Waals surface area contributed by atoms with Crippen molar-refractivity contribution in [2.24, 2.45) is 0 Å². The zero-order valence-corrected chi connectivity index (χ0v) is 13.6. The molecule has 2 aromatic rings. The molecule has 1 heterocycles. The maximum Gasteiger partial charge on any atom is 0.284 e. The Balaban J connectivity index is 1.97. The van der Waals surface area contributed by atoms with E-state index in [-0.39, 0.29) is 22.1 Å². The van der Waals surface area contributed by atoms with Crippen LogP contribution in [-0.4, -0.2) is 24.4 Å². The lowest BCUT2D eigenvalue weighted by molar-refractivity contribution is 0.0972. The molecule has 1 aliphatic carbocycles. The van der Waals surface area contributed by atoms with Crippen molar-refractivity contribution in [2.75, 3.05) is 4.72 Å². The number of aromatic nitrogens is 2. The lowest BCUT2D eigenvalue weighted by Gasteiger charge is -2.16. The zero-order valence-electron chi connectivity index (χ0n) is 12.8. The number of nitrogens with one attached hydrogen (secondary N) is 2. The Morgan fingerprint density at radius 1 is 1.29 bits per heavy atom. The number of halogens is 2. The van der Waals surface area contributed by atoms with Gasteiger partial charge in [-0.2, -0.15) is 5.10 Å². The molecule has 1 aromatic carbocycles. The Bertz CT molecular complexity index is 907. The summed E-state index contributed by atoms with van der Waals surface area (Å²) >= 11 is 0. The van der Waals surface area contributed by atoms with Gasteiger partial charge in [0.05, 0.1) is 16.3 Å². The highest BCUT2D eigenvalue weighted by Crippen LogP contribution is 2.30. The minimum atomic E-state index is -4.07. The number of alkyl halides is 2. The molecule has 6 nitrogen and oxygen atoms in total. The zero-order chi connectivity index (χ0) is 17.5. The summed E-state index contributed by atoms with van der Waals surface area (Å²) in [6, 6.07) is 4.20. The predicted molar refractivity (Wildman–Crippen MR) is 82.8 cm³/mol. The molecule has 0 fully saturated rings. The number of hydrogen-bond acceptors (Lipinski definition) is 4. The second-order valence-corrected chi connectivity index (χ2v) is 7.29. The van der Waals surface area contributed by atoms with Crippen molar-refractivity contribution in [3.63, 3.8) is 0 Å². The van der Waals surface area contributed by atoms with Crippen LogP contribution >= 0.6 is 0 Å².